The fourth-order valence-corrected chi connectivity index (χ4v) is 5.11. The van der Waals surface area contributed by atoms with Gasteiger partial charge in [0, 0.05) is 22.3 Å². The van der Waals surface area contributed by atoms with Gasteiger partial charge in [-0.15, -0.1) is 0 Å². The number of nitro benzene ring substituents is 1. The van der Waals surface area contributed by atoms with Crippen molar-refractivity contribution in [2.75, 3.05) is 23.3 Å². The highest BCUT2D eigenvalue weighted by Gasteiger charge is 2.31. The minimum atomic E-state index is -4.45. The highest BCUT2D eigenvalue weighted by molar-refractivity contribution is 7.92. The molecule has 0 fully saturated rings. The third-order valence-corrected chi connectivity index (χ3v) is 7.33. The predicted molar refractivity (Wildman–Crippen MR) is 135 cm³/mol. The maximum atomic E-state index is 13.7. The lowest BCUT2D eigenvalue weighted by atomic mass is 10.1. The first kappa shape index (κ1) is 26.0. The van der Waals surface area contributed by atoms with E-state index in [0.717, 1.165) is 15.9 Å². The monoisotopic (exact) mass is 517 g/mol. The predicted octanol–water partition coefficient (Wildman–Crippen LogP) is 4.96. The summed E-state index contributed by atoms with van der Waals surface area (Å²) in [5.41, 5.74) is 1.40. The molecule has 3 aromatic rings. The van der Waals surface area contributed by atoms with Gasteiger partial charge in [0.1, 0.15) is 12.3 Å². The molecule has 1 N–H and O–H groups in total. The molecule has 3 aromatic carbocycles. The van der Waals surface area contributed by atoms with Gasteiger partial charge in [0.15, 0.2) is 0 Å². The standard InChI is InChI=1S/C24H24ClN3O6S/c1-4-17-7-5-6-8-20(17)26-24(29)15-27(22-13-18(25)10-12-23(22)34-3)35(32,33)19-11-9-16(2)21(14-19)28(30)31/h5-14H,4,15H2,1-3H3,(H,26,29). The van der Waals surface area contributed by atoms with Crippen LogP contribution in [0.15, 0.2) is 65.6 Å². The zero-order valence-corrected chi connectivity index (χ0v) is 20.9. The molecule has 0 saturated heterocycles. The first-order valence-corrected chi connectivity index (χ1v) is 12.4. The number of hydrogen-bond acceptors (Lipinski definition) is 6. The number of carbonyl (C=O) groups excluding carboxylic acids is 1. The van der Waals surface area contributed by atoms with Crippen molar-refractivity contribution in [3.05, 3.63) is 86.9 Å². The summed E-state index contributed by atoms with van der Waals surface area (Å²) in [4.78, 5) is 23.5. The summed E-state index contributed by atoms with van der Waals surface area (Å²) in [6.45, 7) is 2.81. The van der Waals surface area contributed by atoms with Crippen molar-refractivity contribution >= 4 is 44.6 Å². The maximum Gasteiger partial charge on any atom is 0.273 e. The Labute approximate surface area is 208 Å². The van der Waals surface area contributed by atoms with Crippen LogP contribution < -0.4 is 14.4 Å². The molecule has 0 atom stereocenters. The SMILES string of the molecule is CCc1ccccc1NC(=O)CN(c1cc(Cl)ccc1OC)S(=O)(=O)c1ccc(C)c([N+](=O)[O-])c1. The molecule has 11 heteroatoms. The first-order chi connectivity index (χ1) is 16.6. The summed E-state index contributed by atoms with van der Waals surface area (Å²) in [6.07, 6.45) is 0.660. The lowest BCUT2D eigenvalue weighted by molar-refractivity contribution is -0.385. The van der Waals surface area contributed by atoms with E-state index in [1.807, 2.05) is 19.1 Å². The Morgan fingerprint density at radius 2 is 1.86 bits per heavy atom. The number of methoxy groups -OCH3 is 1. The highest BCUT2D eigenvalue weighted by Crippen LogP contribution is 2.36. The van der Waals surface area contributed by atoms with Crippen LogP contribution in [0.2, 0.25) is 5.02 Å². The second-order valence-corrected chi connectivity index (χ2v) is 9.89. The van der Waals surface area contributed by atoms with Gasteiger partial charge in [-0.1, -0.05) is 42.8 Å². The molecule has 0 unspecified atom stereocenters. The lowest BCUT2D eigenvalue weighted by Crippen LogP contribution is -2.38. The van der Waals surface area contributed by atoms with E-state index < -0.39 is 27.4 Å². The van der Waals surface area contributed by atoms with E-state index in [4.69, 9.17) is 16.3 Å². The van der Waals surface area contributed by atoms with Crippen molar-refractivity contribution in [1.29, 1.82) is 0 Å². The fraction of sp³-hybridized carbons (Fsp3) is 0.208. The van der Waals surface area contributed by atoms with E-state index in [9.17, 15) is 23.3 Å². The maximum absolute atomic E-state index is 13.7. The summed E-state index contributed by atoms with van der Waals surface area (Å²) in [7, 11) is -3.10. The van der Waals surface area contributed by atoms with Crippen LogP contribution in [0.3, 0.4) is 0 Å². The smallest absolute Gasteiger partial charge is 0.273 e. The molecule has 0 heterocycles. The number of halogens is 1. The van der Waals surface area contributed by atoms with Gasteiger partial charge < -0.3 is 10.1 Å². The van der Waals surface area contributed by atoms with Gasteiger partial charge in [0.05, 0.1) is 22.6 Å². The average Bonchev–Trinajstić information content (AvgIpc) is 2.82. The Kier molecular flexibility index (Phi) is 7.98. The minimum absolute atomic E-state index is 0.0159. The number of sulfonamides is 1. The molecule has 184 valence electrons. The number of benzene rings is 3. The number of rotatable bonds is 9. The van der Waals surface area contributed by atoms with E-state index in [2.05, 4.69) is 5.32 Å². The summed E-state index contributed by atoms with van der Waals surface area (Å²) in [6, 6.07) is 15.1. The second-order valence-electron chi connectivity index (χ2n) is 7.59. The Bertz CT molecular complexity index is 1380. The van der Waals surface area contributed by atoms with Crippen LogP contribution in [0.1, 0.15) is 18.1 Å². The summed E-state index contributed by atoms with van der Waals surface area (Å²) < 4.78 is 33.6. The van der Waals surface area contributed by atoms with Crippen molar-refractivity contribution < 1.29 is 22.9 Å². The number of aryl methyl sites for hydroxylation is 2. The van der Waals surface area contributed by atoms with Crippen LogP contribution in [-0.4, -0.2) is 32.9 Å². The molecule has 3 rings (SSSR count). The zero-order valence-electron chi connectivity index (χ0n) is 19.3. The molecular weight excluding hydrogens is 494 g/mol. The summed E-state index contributed by atoms with van der Waals surface area (Å²) >= 11 is 6.14. The van der Waals surface area contributed by atoms with Crippen LogP contribution in [0, 0.1) is 17.0 Å². The van der Waals surface area contributed by atoms with Gasteiger partial charge >= 0.3 is 0 Å². The number of nitrogens with zero attached hydrogens (tertiary/aromatic N) is 2. The molecule has 9 nitrogen and oxygen atoms in total. The number of carbonyl (C=O) groups is 1. The molecule has 0 bridgehead atoms. The molecule has 0 aromatic heterocycles. The number of hydrogen-bond donors (Lipinski definition) is 1. The molecule has 0 aliphatic heterocycles. The average molecular weight is 518 g/mol. The second kappa shape index (κ2) is 10.7. The molecular formula is C24H24ClN3O6S. The molecule has 35 heavy (non-hydrogen) atoms. The Morgan fingerprint density at radius 1 is 1.14 bits per heavy atom. The Balaban J connectivity index is 2.10. The quantitative estimate of drug-likeness (QED) is 0.316. The molecule has 1 amide bonds. The molecule has 0 radical (unpaired) electrons. The van der Waals surface area contributed by atoms with E-state index in [0.29, 0.717) is 17.7 Å². The van der Waals surface area contributed by atoms with Crippen molar-refractivity contribution in [3.63, 3.8) is 0 Å². The number of para-hydroxylation sites is 1. The van der Waals surface area contributed by atoms with E-state index in [-0.39, 0.29) is 27.0 Å². The third-order valence-electron chi connectivity index (χ3n) is 5.33. The van der Waals surface area contributed by atoms with Gasteiger partial charge in [-0.3, -0.25) is 19.2 Å². The van der Waals surface area contributed by atoms with Gasteiger partial charge in [-0.25, -0.2) is 8.42 Å². The fourth-order valence-electron chi connectivity index (χ4n) is 3.50. The van der Waals surface area contributed by atoms with Gasteiger partial charge in [-0.05, 0) is 49.2 Å². The van der Waals surface area contributed by atoms with E-state index in [1.54, 1.807) is 12.1 Å². The topological polar surface area (TPSA) is 119 Å². The summed E-state index contributed by atoms with van der Waals surface area (Å²) in [5.74, 6) is -0.459. The van der Waals surface area contributed by atoms with Crippen LogP contribution in [0.5, 0.6) is 5.75 Å². The summed E-state index contributed by atoms with van der Waals surface area (Å²) in [5, 5.41) is 14.4. The van der Waals surface area contributed by atoms with Gasteiger partial charge in [0.25, 0.3) is 15.7 Å². The van der Waals surface area contributed by atoms with Crippen LogP contribution in [0.4, 0.5) is 17.1 Å². The van der Waals surface area contributed by atoms with Crippen molar-refractivity contribution in [2.24, 2.45) is 0 Å². The number of nitro groups is 1. The van der Waals surface area contributed by atoms with Crippen molar-refractivity contribution in [2.45, 2.75) is 25.2 Å². The molecule has 0 aliphatic rings. The van der Waals surface area contributed by atoms with Crippen molar-refractivity contribution in [1.82, 2.24) is 0 Å². The Morgan fingerprint density at radius 3 is 2.51 bits per heavy atom. The normalized spacial score (nSPS) is 11.1. The van der Waals surface area contributed by atoms with E-state index in [1.165, 1.54) is 44.4 Å². The molecule has 0 saturated carbocycles. The molecule has 0 aliphatic carbocycles. The number of amides is 1. The van der Waals surface area contributed by atoms with Crippen LogP contribution in [0.25, 0.3) is 0 Å². The highest BCUT2D eigenvalue weighted by atomic mass is 35.5. The van der Waals surface area contributed by atoms with Crippen LogP contribution >= 0.6 is 11.6 Å². The number of anilines is 2. The first-order valence-electron chi connectivity index (χ1n) is 10.6. The zero-order chi connectivity index (χ0) is 25.8. The van der Waals surface area contributed by atoms with E-state index >= 15 is 0 Å². The van der Waals surface area contributed by atoms with Gasteiger partial charge in [0.2, 0.25) is 5.91 Å². The van der Waals surface area contributed by atoms with Gasteiger partial charge in [-0.2, -0.15) is 0 Å². The van der Waals surface area contributed by atoms with Crippen molar-refractivity contribution in [3.8, 4) is 5.75 Å². The number of nitrogens with one attached hydrogen (secondary N) is 1. The molecule has 0 spiro atoms. The largest absolute Gasteiger partial charge is 0.495 e. The lowest BCUT2D eigenvalue weighted by Gasteiger charge is -2.26. The van der Waals surface area contributed by atoms with Crippen LogP contribution in [-0.2, 0) is 21.2 Å². The number of ether oxygens (including phenoxy) is 1. The minimum Gasteiger partial charge on any atom is -0.495 e. The third kappa shape index (κ3) is 5.72. The Hall–Kier alpha value is -3.63.